The van der Waals surface area contributed by atoms with E-state index in [0.29, 0.717) is 5.70 Å². The van der Waals surface area contributed by atoms with Crippen LogP contribution >= 0.6 is 0 Å². The summed E-state index contributed by atoms with van der Waals surface area (Å²) in [6, 6.07) is 0. The number of aldehydes is 1. The van der Waals surface area contributed by atoms with Gasteiger partial charge in [0, 0.05) is 7.97 Å². The zero-order chi connectivity index (χ0) is 11.6. The number of allylic oxidation sites excluding steroid dienone is 6. The Hall–Kier alpha value is -1.57. The Kier molecular flexibility index (Phi) is 8.75. The van der Waals surface area contributed by atoms with E-state index in [4.69, 9.17) is 0 Å². The summed E-state index contributed by atoms with van der Waals surface area (Å²) < 4.78 is 0. The molecule has 0 radical (unpaired) electrons. The van der Waals surface area contributed by atoms with Gasteiger partial charge in [0.2, 0.25) is 0 Å². The van der Waals surface area contributed by atoms with Gasteiger partial charge in [-0.1, -0.05) is 44.7 Å². The summed E-state index contributed by atoms with van der Waals surface area (Å²) in [6.45, 7) is 2.79. The third-order valence-corrected chi connectivity index (χ3v) is 2.34. The maximum atomic E-state index is 10.8. The lowest BCUT2D eigenvalue weighted by molar-refractivity contribution is -0.105. The minimum Gasteiger partial charge on any atom is -0.378 e. The van der Waals surface area contributed by atoms with Gasteiger partial charge >= 0.3 is 0 Å². The van der Waals surface area contributed by atoms with E-state index in [1.165, 1.54) is 5.57 Å². The molecule has 0 aromatic carbocycles. The van der Waals surface area contributed by atoms with Crippen LogP contribution in [0.1, 0.15) is 35.0 Å². The number of hydrogen-bond donors (Lipinski definition) is 1. The quantitative estimate of drug-likeness (QED) is 0.431. The number of rotatable bonds is 6. The van der Waals surface area contributed by atoms with Crippen LogP contribution in [-0.2, 0) is 4.79 Å². The highest BCUT2D eigenvalue weighted by molar-refractivity contribution is 5.72. The summed E-state index contributed by atoms with van der Waals surface area (Å²) in [4.78, 5) is 10.8. The van der Waals surface area contributed by atoms with Gasteiger partial charge < -0.3 is 5.32 Å². The number of nitrogens with one attached hydrogen (secondary N) is 1. The van der Waals surface area contributed by atoms with Crippen molar-refractivity contribution in [3.05, 3.63) is 47.7 Å². The lowest BCUT2D eigenvalue weighted by Crippen LogP contribution is -2.17. The van der Waals surface area contributed by atoms with Gasteiger partial charge in [0.1, 0.15) is 0 Å². The van der Waals surface area contributed by atoms with E-state index in [-0.39, 0.29) is 8.85 Å². The molecular weight excluding hydrogens is 210 g/mol. The van der Waals surface area contributed by atoms with Crippen molar-refractivity contribution >= 4 is 6.29 Å². The van der Waals surface area contributed by atoms with E-state index in [1.54, 1.807) is 0 Å². The molecule has 0 aromatic heterocycles. The minimum absolute atomic E-state index is 0. The molecule has 0 unspecified atom stereocenters. The molecule has 0 spiro atoms. The van der Waals surface area contributed by atoms with Crippen LogP contribution in [0, 0.1) is 0 Å². The van der Waals surface area contributed by atoms with Crippen LogP contribution in [0.15, 0.2) is 47.7 Å². The fraction of sp³-hybridized carbons (Fsp3) is 0.400. The van der Waals surface area contributed by atoms with E-state index in [1.807, 2.05) is 18.2 Å². The second-order valence-electron chi connectivity index (χ2n) is 3.69. The van der Waals surface area contributed by atoms with Crippen LogP contribution in [0.5, 0.6) is 0 Å². The predicted octanol–water partition coefficient (Wildman–Crippen LogP) is 3.78. The molecule has 1 aliphatic carbocycles. The zero-order valence-electron chi connectivity index (χ0n) is 9.78. The SMILES string of the molecule is C.CC/C=C/C=C(/C=O)NCC1=CCCC=C1.[HH]. The largest absolute Gasteiger partial charge is 0.378 e. The average Bonchev–Trinajstić information content (AvgIpc) is 2.35. The standard InChI is InChI=1S/C14H19NO.CH4.H2/c1-2-3-5-10-14(12-16)15-11-13-8-6-4-7-9-13;;/h3,5-6,8-10,12,15H,2,4,7,11H2,1H3;1H4;1H/b5-3+,14-10-;;. The highest BCUT2D eigenvalue weighted by atomic mass is 16.1. The molecule has 0 atom stereocenters. The van der Waals surface area contributed by atoms with Crippen LogP contribution in [0.3, 0.4) is 0 Å². The van der Waals surface area contributed by atoms with Crippen molar-refractivity contribution in [1.82, 2.24) is 5.32 Å². The first-order chi connectivity index (χ1) is 7.86. The average molecular weight is 235 g/mol. The molecule has 0 aromatic rings. The number of hydrogen-bond acceptors (Lipinski definition) is 2. The van der Waals surface area contributed by atoms with Gasteiger partial charge in [0.05, 0.1) is 5.70 Å². The topological polar surface area (TPSA) is 29.1 Å². The van der Waals surface area contributed by atoms with Crippen molar-refractivity contribution in [2.75, 3.05) is 6.54 Å². The predicted molar refractivity (Wildman–Crippen MR) is 76.9 cm³/mol. The van der Waals surface area contributed by atoms with Gasteiger partial charge in [-0.05, 0) is 30.9 Å². The minimum atomic E-state index is 0. The van der Waals surface area contributed by atoms with Gasteiger partial charge in [-0.15, -0.1) is 0 Å². The maximum Gasteiger partial charge on any atom is 0.165 e. The maximum absolute atomic E-state index is 10.8. The van der Waals surface area contributed by atoms with Crippen LogP contribution in [0.25, 0.3) is 0 Å². The van der Waals surface area contributed by atoms with Crippen LogP contribution in [-0.4, -0.2) is 12.8 Å². The smallest absolute Gasteiger partial charge is 0.165 e. The van der Waals surface area contributed by atoms with Crippen LogP contribution in [0.2, 0.25) is 0 Å². The molecule has 0 fully saturated rings. The molecule has 0 saturated heterocycles. The third kappa shape index (κ3) is 6.56. The van der Waals surface area contributed by atoms with Gasteiger partial charge in [-0.2, -0.15) is 0 Å². The molecule has 0 bridgehead atoms. The second-order valence-corrected chi connectivity index (χ2v) is 3.69. The summed E-state index contributed by atoms with van der Waals surface area (Å²) >= 11 is 0. The fourth-order valence-electron chi connectivity index (χ4n) is 1.45. The van der Waals surface area contributed by atoms with Crippen molar-refractivity contribution in [3.63, 3.8) is 0 Å². The summed E-state index contributed by atoms with van der Waals surface area (Å²) in [5, 5.41) is 3.12. The monoisotopic (exact) mass is 235 g/mol. The van der Waals surface area contributed by atoms with Gasteiger partial charge in [0.25, 0.3) is 0 Å². The van der Waals surface area contributed by atoms with E-state index in [9.17, 15) is 4.79 Å². The summed E-state index contributed by atoms with van der Waals surface area (Å²) in [7, 11) is 0. The number of carbonyl (C=O) groups is 1. The molecule has 1 N–H and O–H groups in total. The third-order valence-electron chi connectivity index (χ3n) is 2.34. The Bertz CT molecular complexity index is 340. The first kappa shape index (κ1) is 15.4. The van der Waals surface area contributed by atoms with E-state index in [2.05, 4.69) is 30.5 Å². The number of carbonyl (C=O) groups excluding carboxylic acids is 1. The Morgan fingerprint density at radius 1 is 1.53 bits per heavy atom. The summed E-state index contributed by atoms with van der Waals surface area (Å²) in [6.07, 6.45) is 16.3. The lowest BCUT2D eigenvalue weighted by atomic mass is 10.1. The molecule has 0 saturated carbocycles. The van der Waals surface area contributed by atoms with Gasteiger partial charge in [-0.25, -0.2) is 0 Å². The molecule has 0 amide bonds. The highest BCUT2D eigenvalue weighted by Gasteiger charge is 1.98. The molecule has 1 aliphatic rings. The van der Waals surface area contributed by atoms with Crippen molar-refractivity contribution < 1.29 is 6.22 Å². The molecule has 2 heteroatoms. The van der Waals surface area contributed by atoms with Crippen molar-refractivity contribution in [3.8, 4) is 0 Å². The second kappa shape index (κ2) is 9.64. The molecule has 96 valence electrons. The zero-order valence-corrected chi connectivity index (χ0v) is 9.78. The van der Waals surface area contributed by atoms with Gasteiger partial charge in [0.15, 0.2) is 6.29 Å². The first-order valence-electron chi connectivity index (χ1n) is 5.78. The first-order valence-corrected chi connectivity index (χ1v) is 5.78. The Morgan fingerprint density at radius 2 is 2.35 bits per heavy atom. The molecule has 17 heavy (non-hydrogen) atoms. The lowest BCUT2D eigenvalue weighted by Gasteiger charge is -2.08. The van der Waals surface area contributed by atoms with Crippen molar-refractivity contribution in [2.45, 2.75) is 33.6 Å². The van der Waals surface area contributed by atoms with E-state index in [0.717, 1.165) is 32.1 Å². The molecule has 0 aliphatic heterocycles. The Morgan fingerprint density at radius 3 is 2.94 bits per heavy atom. The Balaban J connectivity index is 0. The molecule has 2 nitrogen and oxygen atoms in total. The van der Waals surface area contributed by atoms with E-state index >= 15 is 0 Å². The molecular formula is C15H25NO. The fourth-order valence-corrected chi connectivity index (χ4v) is 1.45. The Labute approximate surface area is 106 Å². The van der Waals surface area contributed by atoms with Crippen molar-refractivity contribution in [1.29, 1.82) is 0 Å². The molecule has 1 rings (SSSR count). The summed E-state index contributed by atoms with van der Waals surface area (Å²) in [5.41, 5.74) is 1.88. The van der Waals surface area contributed by atoms with E-state index < -0.39 is 0 Å². The van der Waals surface area contributed by atoms with Gasteiger partial charge in [-0.3, -0.25) is 4.79 Å². The highest BCUT2D eigenvalue weighted by Crippen LogP contribution is 2.08. The normalized spacial score (nSPS) is 15.4. The molecule has 0 heterocycles. The van der Waals surface area contributed by atoms with Crippen LogP contribution in [0.4, 0.5) is 0 Å². The summed E-state index contributed by atoms with van der Waals surface area (Å²) in [5.74, 6) is 0. The van der Waals surface area contributed by atoms with Crippen molar-refractivity contribution in [2.24, 2.45) is 0 Å². The van der Waals surface area contributed by atoms with Crippen LogP contribution < -0.4 is 5.32 Å².